The fourth-order valence-corrected chi connectivity index (χ4v) is 4.23. The molecule has 4 heteroatoms. The van der Waals surface area contributed by atoms with Gasteiger partial charge in [-0.25, -0.2) is 0 Å². The van der Waals surface area contributed by atoms with Gasteiger partial charge < -0.3 is 5.32 Å². The van der Waals surface area contributed by atoms with Gasteiger partial charge in [-0.2, -0.15) is 0 Å². The van der Waals surface area contributed by atoms with Crippen LogP contribution >= 0.6 is 23.2 Å². The summed E-state index contributed by atoms with van der Waals surface area (Å²) in [7, 11) is 0. The lowest BCUT2D eigenvalue weighted by molar-refractivity contribution is -0.114. The SMILES string of the molecule is CC(=O)Nc1ccc2c(c1)[C@@H](C(C)C)CC[C@H]2c1ccc(Cl)c(Cl)c1. The largest absolute Gasteiger partial charge is 0.326 e. The van der Waals surface area contributed by atoms with Crippen molar-refractivity contribution in [3.63, 3.8) is 0 Å². The Hall–Kier alpha value is -1.51. The Morgan fingerprint density at radius 3 is 2.44 bits per heavy atom. The number of halogens is 2. The number of hydrogen-bond donors (Lipinski definition) is 1. The number of carbonyl (C=O) groups excluding carboxylic acids is 1. The van der Waals surface area contributed by atoms with Crippen molar-refractivity contribution in [2.75, 3.05) is 5.32 Å². The van der Waals surface area contributed by atoms with Gasteiger partial charge in [-0.3, -0.25) is 4.79 Å². The van der Waals surface area contributed by atoms with Crippen LogP contribution in [-0.4, -0.2) is 5.91 Å². The Balaban J connectivity index is 2.06. The Kier molecular flexibility index (Phi) is 5.41. The number of hydrogen-bond acceptors (Lipinski definition) is 1. The molecule has 25 heavy (non-hydrogen) atoms. The molecular formula is C21H23Cl2NO. The van der Waals surface area contributed by atoms with Crippen molar-refractivity contribution in [3.8, 4) is 0 Å². The van der Waals surface area contributed by atoms with E-state index in [0.29, 0.717) is 27.8 Å². The number of amides is 1. The number of fused-ring (bicyclic) bond motifs is 1. The minimum atomic E-state index is -0.0436. The third-order valence-corrected chi connectivity index (χ3v) is 5.84. The van der Waals surface area contributed by atoms with Gasteiger partial charge in [0.05, 0.1) is 10.0 Å². The maximum atomic E-state index is 11.4. The Labute approximate surface area is 159 Å². The maximum absolute atomic E-state index is 11.4. The van der Waals surface area contributed by atoms with E-state index >= 15 is 0 Å². The van der Waals surface area contributed by atoms with Gasteiger partial charge in [-0.05, 0) is 65.6 Å². The molecule has 2 aromatic rings. The molecule has 3 rings (SSSR count). The van der Waals surface area contributed by atoms with Crippen LogP contribution in [0.1, 0.15) is 62.1 Å². The van der Waals surface area contributed by atoms with Crippen molar-refractivity contribution in [1.29, 1.82) is 0 Å². The topological polar surface area (TPSA) is 29.1 Å². The minimum Gasteiger partial charge on any atom is -0.326 e. The summed E-state index contributed by atoms with van der Waals surface area (Å²) >= 11 is 12.3. The summed E-state index contributed by atoms with van der Waals surface area (Å²) in [6.45, 7) is 6.07. The number of anilines is 1. The summed E-state index contributed by atoms with van der Waals surface area (Å²) < 4.78 is 0. The van der Waals surface area contributed by atoms with E-state index in [1.807, 2.05) is 18.2 Å². The molecule has 0 radical (unpaired) electrons. The highest BCUT2D eigenvalue weighted by Crippen LogP contribution is 2.46. The fourth-order valence-electron chi connectivity index (χ4n) is 3.92. The summed E-state index contributed by atoms with van der Waals surface area (Å²) in [5.41, 5.74) is 4.73. The van der Waals surface area contributed by atoms with Crippen LogP contribution in [0.25, 0.3) is 0 Å². The van der Waals surface area contributed by atoms with E-state index in [1.165, 1.54) is 23.6 Å². The summed E-state index contributed by atoms with van der Waals surface area (Å²) in [6, 6.07) is 12.2. The molecule has 2 aromatic carbocycles. The first-order valence-electron chi connectivity index (χ1n) is 8.73. The predicted octanol–water partition coefficient (Wildman–Crippen LogP) is 6.62. The Bertz CT molecular complexity index is 800. The van der Waals surface area contributed by atoms with Gasteiger partial charge in [0.2, 0.25) is 5.91 Å². The molecule has 132 valence electrons. The van der Waals surface area contributed by atoms with Gasteiger partial charge in [-0.1, -0.05) is 49.2 Å². The summed E-state index contributed by atoms with van der Waals surface area (Å²) in [6.07, 6.45) is 2.21. The van der Waals surface area contributed by atoms with E-state index in [1.54, 1.807) is 0 Å². The van der Waals surface area contributed by atoms with E-state index in [-0.39, 0.29) is 5.91 Å². The van der Waals surface area contributed by atoms with Crippen LogP contribution in [0.2, 0.25) is 10.0 Å². The van der Waals surface area contributed by atoms with Crippen molar-refractivity contribution in [2.45, 2.75) is 45.4 Å². The lowest BCUT2D eigenvalue weighted by Crippen LogP contribution is -2.19. The third-order valence-electron chi connectivity index (χ3n) is 5.10. The van der Waals surface area contributed by atoms with Crippen molar-refractivity contribution < 1.29 is 4.79 Å². The zero-order chi connectivity index (χ0) is 18.1. The highest BCUT2D eigenvalue weighted by molar-refractivity contribution is 6.42. The van der Waals surface area contributed by atoms with Crippen LogP contribution in [0.15, 0.2) is 36.4 Å². The zero-order valence-electron chi connectivity index (χ0n) is 14.8. The highest BCUT2D eigenvalue weighted by Gasteiger charge is 2.30. The normalized spacial score (nSPS) is 19.6. The van der Waals surface area contributed by atoms with Gasteiger partial charge in [0, 0.05) is 18.5 Å². The van der Waals surface area contributed by atoms with E-state index in [0.717, 1.165) is 18.5 Å². The van der Waals surface area contributed by atoms with Crippen molar-refractivity contribution in [1.82, 2.24) is 0 Å². The second kappa shape index (κ2) is 7.39. The monoisotopic (exact) mass is 375 g/mol. The molecule has 2 nitrogen and oxygen atoms in total. The predicted molar refractivity (Wildman–Crippen MR) is 106 cm³/mol. The molecule has 0 spiro atoms. The minimum absolute atomic E-state index is 0.0436. The highest BCUT2D eigenvalue weighted by atomic mass is 35.5. The maximum Gasteiger partial charge on any atom is 0.221 e. The molecule has 0 heterocycles. The zero-order valence-corrected chi connectivity index (χ0v) is 16.3. The molecule has 0 saturated carbocycles. The van der Waals surface area contributed by atoms with E-state index in [9.17, 15) is 4.79 Å². The molecule has 1 N–H and O–H groups in total. The van der Waals surface area contributed by atoms with Crippen LogP contribution in [0.4, 0.5) is 5.69 Å². The Morgan fingerprint density at radius 1 is 1.04 bits per heavy atom. The van der Waals surface area contributed by atoms with Gasteiger partial charge in [0.15, 0.2) is 0 Å². The summed E-state index contributed by atoms with van der Waals surface area (Å²) in [5, 5.41) is 4.09. The van der Waals surface area contributed by atoms with Crippen LogP contribution in [0.5, 0.6) is 0 Å². The molecule has 0 unspecified atom stereocenters. The van der Waals surface area contributed by atoms with E-state index in [4.69, 9.17) is 23.2 Å². The lowest BCUT2D eigenvalue weighted by atomic mass is 9.70. The molecule has 0 aromatic heterocycles. The molecule has 1 aliphatic carbocycles. The average molecular weight is 376 g/mol. The number of benzene rings is 2. The summed E-state index contributed by atoms with van der Waals surface area (Å²) in [5.74, 6) is 1.33. The van der Waals surface area contributed by atoms with E-state index in [2.05, 4.69) is 37.4 Å². The molecular weight excluding hydrogens is 353 g/mol. The number of rotatable bonds is 3. The lowest BCUT2D eigenvalue weighted by Gasteiger charge is -2.34. The fraction of sp³-hybridized carbons (Fsp3) is 0.381. The molecule has 0 aliphatic heterocycles. The molecule has 1 amide bonds. The summed E-state index contributed by atoms with van der Waals surface area (Å²) in [4.78, 5) is 11.4. The van der Waals surface area contributed by atoms with Gasteiger partial charge in [0.25, 0.3) is 0 Å². The van der Waals surface area contributed by atoms with Crippen molar-refractivity contribution >= 4 is 34.8 Å². The van der Waals surface area contributed by atoms with Crippen LogP contribution < -0.4 is 5.32 Å². The molecule has 2 atom stereocenters. The quantitative estimate of drug-likeness (QED) is 0.641. The first-order valence-corrected chi connectivity index (χ1v) is 9.48. The third kappa shape index (κ3) is 3.86. The van der Waals surface area contributed by atoms with Crippen molar-refractivity contribution in [3.05, 3.63) is 63.1 Å². The molecule has 0 bridgehead atoms. The van der Waals surface area contributed by atoms with Gasteiger partial charge >= 0.3 is 0 Å². The van der Waals surface area contributed by atoms with Gasteiger partial charge in [0.1, 0.15) is 0 Å². The van der Waals surface area contributed by atoms with Crippen LogP contribution in [0.3, 0.4) is 0 Å². The van der Waals surface area contributed by atoms with Crippen LogP contribution in [0, 0.1) is 5.92 Å². The smallest absolute Gasteiger partial charge is 0.221 e. The van der Waals surface area contributed by atoms with Gasteiger partial charge in [-0.15, -0.1) is 0 Å². The molecule has 0 saturated heterocycles. The number of carbonyl (C=O) groups is 1. The first-order chi connectivity index (χ1) is 11.9. The van der Waals surface area contributed by atoms with Crippen LogP contribution in [-0.2, 0) is 4.79 Å². The van der Waals surface area contributed by atoms with Crippen molar-refractivity contribution in [2.24, 2.45) is 5.92 Å². The second-order valence-electron chi connectivity index (χ2n) is 7.18. The van der Waals surface area contributed by atoms with E-state index < -0.39 is 0 Å². The standard InChI is InChI=1S/C21H23Cl2NO/c1-12(2)16-7-8-17(14-4-9-20(22)21(23)10-14)18-6-5-15(11-19(16)18)24-13(3)25/h4-6,9-12,16-17H,7-8H2,1-3H3,(H,24,25)/t16-,17+/m1/s1. The Morgan fingerprint density at radius 2 is 1.80 bits per heavy atom. The average Bonchev–Trinajstić information content (AvgIpc) is 2.55. The second-order valence-corrected chi connectivity index (χ2v) is 7.99. The molecule has 1 aliphatic rings. The first kappa shape index (κ1) is 18.3. The molecule has 0 fully saturated rings. The number of nitrogens with one attached hydrogen (secondary N) is 1.